The number of hydrogen-bond acceptors (Lipinski definition) is 8. The fraction of sp³-hybridized carbons (Fsp3) is 0.321. The van der Waals surface area contributed by atoms with Crippen molar-refractivity contribution in [2.24, 2.45) is 26.2 Å². The van der Waals surface area contributed by atoms with Crippen LogP contribution < -0.4 is 21.5 Å². The molecule has 0 saturated heterocycles. The molecular formula is C28H37N9O6. The second-order valence-corrected chi connectivity index (χ2v) is 10.6. The number of aldehydes is 1. The van der Waals surface area contributed by atoms with E-state index in [2.05, 4.69) is 33.2 Å². The standard InChI is InChI=1S/C28H37N9O6/c1-9-34(5)24(31-32-26(40)23-11-19(14-36(23)7)30-27(41)43-28(2,3)4)17-42-33-20-12-22(37(8)15-20)25(39)29-18-10-21(16-38)35(6)13-18/h9-16,33H,1,17H2,2-8H3,(H,29,39)(H,30,41)(H,32,40)/b31-24-. The SMILES string of the molecule is C=CN(C)/C(CONc1cc(C(=O)Nc2cc(C=O)n(C)c2)n(C)c1)=N\NC(=O)c1cc(NC(=O)OC(C)(C)C)cn1C. The average Bonchev–Trinajstić information content (AvgIpc) is 3.59. The Kier molecular flexibility index (Phi) is 10.2. The minimum absolute atomic E-state index is 0.0870. The molecule has 3 aromatic rings. The van der Waals surface area contributed by atoms with Gasteiger partial charge in [-0.25, -0.2) is 10.2 Å². The number of nitrogens with one attached hydrogen (secondary N) is 4. The molecule has 0 radical (unpaired) electrons. The van der Waals surface area contributed by atoms with E-state index in [9.17, 15) is 19.2 Å². The van der Waals surface area contributed by atoms with Crippen LogP contribution in [0.1, 0.15) is 52.2 Å². The summed E-state index contributed by atoms with van der Waals surface area (Å²) in [5, 5.41) is 9.51. The summed E-state index contributed by atoms with van der Waals surface area (Å²) in [5.41, 5.74) is 6.95. The molecule has 43 heavy (non-hydrogen) atoms. The molecule has 230 valence electrons. The Labute approximate surface area is 249 Å². The number of carbonyl (C=O) groups excluding carboxylic acids is 4. The van der Waals surface area contributed by atoms with Crippen LogP contribution in [0.2, 0.25) is 0 Å². The van der Waals surface area contributed by atoms with Gasteiger partial charge >= 0.3 is 6.09 Å². The quantitative estimate of drug-likeness (QED) is 0.113. The summed E-state index contributed by atoms with van der Waals surface area (Å²) in [4.78, 5) is 55.9. The number of amides is 3. The average molecular weight is 596 g/mol. The number of nitrogens with zero attached hydrogens (tertiary/aromatic N) is 5. The van der Waals surface area contributed by atoms with Crippen LogP contribution in [0, 0.1) is 0 Å². The van der Waals surface area contributed by atoms with Gasteiger partial charge in [-0.2, -0.15) is 5.10 Å². The van der Waals surface area contributed by atoms with Gasteiger partial charge in [0.15, 0.2) is 12.1 Å². The largest absolute Gasteiger partial charge is 0.444 e. The topological polar surface area (TPSA) is 165 Å². The van der Waals surface area contributed by atoms with Crippen LogP contribution >= 0.6 is 0 Å². The summed E-state index contributed by atoms with van der Waals surface area (Å²) >= 11 is 0. The molecule has 3 heterocycles. The molecule has 15 heteroatoms. The van der Waals surface area contributed by atoms with Crippen molar-refractivity contribution in [3.05, 3.63) is 66.7 Å². The molecule has 3 aromatic heterocycles. The zero-order valence-corrected chi connectivity index (χ0v) is 25.2. The summed E-state index contributed by atoms with van der Waals surface area (Å²) in [6.45, 7) is 8.88. The zero-order chi connectivity index (χ0) is 31.9. The Morgan fingerprint density at radius 3 is 2.12 bits per heavy atom. The van der Waals surface area contributed by atoms with Crippen molar-refractivity contribution in [2.75, 3.05) is 29.8 Å². The molecule has 0 fully saturated rings. The molecule has 0 aromatic carbocycles. The van der Waals surface area contributed by atoms with E-state index < -0.39 is 17.6 Å². The Morgan fingerprint density at radius 2 is 1.51 bits per heavy atom. The summed E-state index contributed by atoms with van der Waals surface area (Å²) in [7, 11) is 6.74. The maximum absolute atomic E-state index is 12.8. The van der Waals surface area contributed by atoms with Gasteiger partial charge in [-0.15, -0.1) is 0 Å². The molecule has 3 amide bonds. The molecule has 0 unspecified atom stereocenters. The highest BCUT2D eigenvalue weighted by Gasteiger charge is 2.19. The van der Waals surface area contributed by atoms with E-state index >= 15 is 0 Å². The first kappa shape index (κ1) is 32.2. The number of aromatic nitrogens is 3. The Morgan fingerprint density at radius 1 is 0.930 bits per heavy atom. The highest BCUT2D eigenvalue weighted by atomic mass is 16.6. The number of amidine groups is 1. The summed E-state index contributed by atoms with van der Waals surface area (Å²) in [6.07, 6.45) is 6.42. The fourth-order valence-corrected chi connectivity index (χ4v) is 3.76. The van der Waals surface area contributed by atoms with Crippen LogP contribution in [0.15, 0.2) is 54.7 Å². The first-order chi connectivity index (χ1) is 20.2. The van der Waals surface area contributed by atoms with Gasteiger partial charge in [0.05, 0.1) is 22.8 Å². The summed E-state index contributed by atoms with van der Waals surface area (Å²) in [5.74, 6) is -0.596. The van der Waals surface area contributed by atoms with E-state index in [1.54, 1.807) is 93.7 Å². The monoisotopic (exact) mass is 595 g/mol. The van der Waals surface area contributed by atoms with Gasteiger partial charge in [0.25, 0.3) is 11.8 Å². The maximum atomic E-state index is 12.8. The lowest BCUT2D eigenvalue weighted by Crippen LogP contribution is -2.31. The lowest BCUT2D eigenvalue weighted by molar-refractivity contribution is 0.0635. The minimum Gasteiger partial charge on any atom is -0.444 e. The number of carbonyl (C=O) groups is 4. The third-order valence-electron chi connectivity index (χ3n) is 5.90. The number of likely N-dealkylation sites (N-methyl/N-ethyl adjacent to an activating group) is 1. The first-order valence-corrected chi connectivity index (χ1v) is 13.1. The fourth-order valence-electron chi connectivity index (χ4n) is 3.76. The summed E-state index contributed by atoms with van der Waals surface area (Å²) < 4.78 is 10.00. The predicted molar refractivity (Wildman–Crippen MR) is 162 cm³/mol. The van der Waals surface area contributed by atoms with Gasteiger partial charge in [0.2, 0.25) is 0 Å². The normalized spacial score (nSPS) is 11.5. The number of hydrogen-bond donors (Lipinski definition) is 4. The highest BCUT2D eigenvalue weighted by Crippen LogP contribution is 2.18. The number of ether oxygens (including phenoxy) is 1. The van der Waals surface area contributed by atoms with Gasteiger partial charge in [0, 0.05) is 46.8 Å². The Hall–Kier alpha value is -5.31. The van der Waals surface area contributed by atoms with Crippen molar-refractivity contribution < 1.29 is 28.8 Å². The van der Waals surface area contributed by atoms with Crippen molar-refractivity contribution in [3.8, 4) is 0 Å². The molecule has 0 aliphatic heterocycles. The molecule has 0 atom stereocenters. The first-order valence-electron chi connectivity index (χ1n) is 13.1. The van der Waals surface area contributed by atoms with E-state index in [0.717, 1.165) is 0 Å². The van der Waals surface area contributed by atoms with E-state index in [0.29, 0.717) is 40.6 Å². The minimum atomic E-state index is -0.665. The van der Waals surface area contributed by atoms with E-state index in [4.69, 9.17) is 9.57 Å². The highest BCUT2D eigenvalue weighted by molar-refractivity contribution is 6.04. The van der Waals surface area contributed by atoms with Crippen molar-refractivity contribution >= 4 is 47.1 Å². The van der Waals surface area contributed by atoms with Gasteiger partial charge < -0.3 is 28.7 Å². The number of aryl methyl sites for hydroxylation is 3. The van der Waals surface area contributed by atoms with Gasteiger partial charge in [-0.05, 0) is 45.2 Å². The molecule has 3 rings (SSSR count). The van der Waals surface area contributed by atoms with Crippen molar-refractivity contribution in [3.63, 3.8) is 0 Å². The number of anilines is 3. The molecule has 0 spiro atoms. The van der Waals surface area contributed by atoms with E-state index in [-0.39, 0.29) is 18.2 Å². The van der Waals surface area contributed by atoms with Crippen molar-refractivity contribution in [2.45, 2.75) is 26.4 Å². The van der Waals surface area contributed by atoms with Crippen LogP contribution in [0.3, 0.4) is 0 Å². The number of hydrazone groups is 1. The third-order valence-corrected chi connectivity index (χ3v) is 5.90. The van der Waals surface area contributed by atoms with Crippen LogP contribution in [0.4, 0.5) is 21.9 Å². The van der Waals surface area contributed by atoms with Crippen LogP contribution in [-0.2, 0) is 30.7 Å². The lowest BCUT2D eigenvalue weighted by Gasteiger charge is -2.19. The number of rotatable bonds is 11. The van der Waals surface area contributed by atoms with E-state index in [1.165, 1.54) is 16.8 Å². The predicted octanol–water partition coefficient (Wildman–Crippen LogP) is 3.28. The third kappa shape index (κ3) is 8.84. The Balaban J connectivity index is 1.60. The smallest absolute Gasteiger partial charge is 0.412 e. The van der Waals surface area contributed by atoms with Crippen LogP contribution in [0.25, 0.3) is 0 Å². The van der Waals surface area contributed by atoms with Gasteiger partial charge in [-0.3, -0.25) is 30.0 Å². The molecule has 0 bridgehead atoms. The molecule has 4 N–H and O–H groups in total. The second kappa shape index (κ2) is 13.6. The molecule has 0 aliphatic carbocycles. The molecule has 0 saturated carbocycles. The second-order valence-electron chi connectivity index (χ2n) is 10.6. The van der Waals surface area contributed by atoms with Gasteiger partial charge in [-0.1, -0.05) is 6.58 Å². The van der Waals surface area contributed by atoms with Gasteiger partial charge in [0.1, 0.15) is 23.6 Å². The van der Waals surface area contributed by atoms with E-state index in [1.807, 2.05) is 0 Å². The summed E-state index contributed by atoms with van der Waals surface area (Å²) in [6, 6.07) is 4.66. The van der Waals surface area contributed by atoms with Crippen molar-refractivity contribution in [1.29, 1.82) is 0 Å². The lowest BCUT2D eigenvalue weighted by atomic mass is 10.2. The molecule has 15 nitrogen and oxygen atoms in total. The van der Waals surface area contributed by atoms with Crippen LogP contribution in [-0.4, -0.2) is 67.9 Å². The molecule has 0 aliphatic rings. The zero-order valence-electron chi connectivity index (χ0n) is 25.2. The molecular weight excluding hydrogens is 558 g/mol. The maximum Gasteiger partial charge on any atom is 0.412 e. The Bertz CT molecular complexity index is 1540. The van der Waals surface area contributed by atoms with Crippen LogP contribution in [0.5, 0.6) is 0 Å². The van der Waals surface area contributed by atoms with Crippen molar-refractivity contribution in [1.82, 2.24) is 24.0 Å².